The second-order valence-electron chi connectivity index (χ2n) is 10.1. The summed E-state index contributed by atoms with van der Waals surface area (Å²) in [4.78, 5) is 24.8. The summed E-state index contributed by atoms with van der Waals surface area (Å²) in [5, 5.41) is 0. The Morgan fingerprint density at radius 1 is 0.667 bits per heavy atom. The van der Waals surface area contributed by atoms with Crippen LogP contribution in [0.1, 0.15) is 106 Å². The number of carbonyl (C=O) groups is 2. The molecule has 0 saturated heterocycles. The maximum absolute atomic E-state index is 12.5. The first-order valence-electron chi connectivity index (χ1n) is 13.6. The zero-order valence-corrected chi connectivity index (χ0v) is 22.6. The molecule has 0 saturated carbocycles. The van der Waals surface area contributed by atoms with E-state index in [0.717, 1.165) is 30.9 Å². The third-order valence-electron chi connectivity index (χ3n) is 6.23. The van der Waals surface area contributed by atoms with E-state index < -0.39 is 5.97 Å². The van der Waals surface area contributed by atoms with Crippen molar-refractivity contribution in [1.29, 1.82) is 0 Å². The zero-order valence-electron chi connectivity index (χ0n) is 22.6. The van der Waals surface area contributed by atoms with Crippen LogP contribution in [0, 0.1) is 11.8 Å². The van der Waals surface area contributed by atoms with Gasteiger partial charge in [0.25, 0.3) is 0 Å². The van der Waals surface area contributed by atoms with Crippen molar-refractivity contribution in [3.8, 4) is 11.5 Å². The standard InChI is InChI=1S/C31H44O5/c1-5-6-7-8-9-22-34-28-17-13-27(14-18-28)31(33)36-29-19-15-26(16-20-29)30(32)35-23-21-25(4)12-10-11-24(2)3/h13-20,24-25H,5-12,21-23H2,1-4H3. The molecule has 0 spiro atoms. The topological polar surface area (TPSA) is 61.8 Å². The van der Waals surface area contributed by atoms with Crippen molar-refractivity contribution < 1.29 is 23.8 Å². The van der Waals surface area contributed by atoms with Gasteiger partial charge in [-0.05, 0) is 73.2 Å². The predicted molar refractivity (Wildman–Crippen MR) is 145 cm³/mol. The minimum atomic E-state index is -0.456. The van der Waals surface area contributed by atoms with Crippen molar-refractivity contribution in [2.75, 3.05) is 13.2 Å². The maximum Gasteiger partial charge on any atom is 0.343 e. The van der Waals surface area contributed by atoms with E-state index in [1.807, 2.05) is 0 Å². The Labute approximate surface area is 217 Å². The van der Waals surface area contributed by atoms with Gasteiger partial charge in [0.1, 0.15) is 11.5 Å². The molecular weight excluding hydrogens is 452 g/mol. The summed E-state index contributed by atoms with van der Waals surface area (Å²) >= 11 is 0. The molecule has 0 amide bonds. The van der Waals surface area contributed by atoms with Crippen LogP contribution >= 0.6 is 0 Å². The van der Waals surface area contributed by atoms with Crippen molar-refractivity contribution >= 4 is 11.9 Å². The van der Waals surface area contributed by atoms with Gasteiger partial charge in [0.05, 0.1) is 24.3 Å². The van der Waals surface area contributed by atoms with Crippen LogP contribution in [0.5, 0.6) is 11.5 Å². The van der Waals surface area contributed by atoms with E-state index in [2.05, 4.69) is 27.7 Å². The molecule has 0 radical (unpaired) electrons. The SMILES string of the molecule is CCCCCCCOc1ccc(C(=O)Oc2ccc(C(=O)OCCC(C)CCCC(C)C)cc2)cc1. The van der Waals surface area contributed by atoms with Gasteiger partial charge < -0.3 is 14.2 Å². The summed E-state index contributed by atoms with van der Waals surface area (Å²) in [5.41, 5.74) is 0.884. The molecule has 0 bridgehead atoms. The van der Waals surface area contributed by atoms with E-state index in [4.69, 9.17) is 14.2 Å². The van der Waals surface area contributed by atoms with Gasteiger partial charge in [-0.1, -0.05) is 72.6 Å². The predicted octanol–water partition coefficient (Wildman–Crippen LogP) is 8.26. The summed E-state index contributed by atoms with van der Waals surface area (Å²) < 4.78 is 16.6. The highest BCUT2D eigenvalue weighted by molar-refractivity contribution is 5.92. The van der Waals surface area contributed by atoms with Gasteiger partial charge in [-0.15, -0.1) is 0 Å². The molecular formula is C31H44O5. The minimum Gasteiger partial charge on any atom is -0.494 e. The Kier molecular flexibility index (Phi) is 13.7. The Hall–Kier alpha value is -2.82. The molecule has 5 heteroatoms. The fourth-order valence-electron chi connectivity index (χ4n) is 3.86. The monoisotopic (exact) mass is 496 g/mol. The van der Waals surface area contributed by atoms with Crippen molar-refractivity contribution in [3.63, 3.8) is 0 Å². The highest BCUT2D eigenvalue weighted by Crippen LogP contribution is 2.19. The van der Waals surface area contributed by atoms with Crippen LogP contribution in [0.2, 0.25) is 0 Å². The van der Waals surface area contributed by atoms with Crippen LogP contribution in [-0.2, 0) is 4.74 Å². The largest absolute Gasteiger partial charge is 0.494 e. The number of carbonyl (C=O) groups excluding carboxylic acids is 2. The van der Waals surface area contributed by atoms with Gasteiger partial charge >= 0.3 is 11.9 Å². The van der Waals surface area contributed by atoms with Crippen LogP contribution in [0.4, 0.5) is 0 Å². The molecule has 2 aromatic rings. The van der Waals surface area contributed by atoms with Crippen LogP contribution in [0.15, 0.2) is 48.5 Å². The van der Waals surface area contributed by atoms with E-state index in [9.17, 15) is 9.59 Å². The van der Waals surface area contributed by atoms with Crippen molar-refractivity contribution in [1.82, 2.24) is 0 Å². The smallest absolute Gasteiger partial charge is 0.343 e. The van der Waals surface area contributed by atoms with Gasteiger partial charge in [0.2, 0.25) is 0 Å². The van der Waals surface area contributed by atoms with E-state index in [-0.39, 0.29) is 5.97 Å². The maximum atomic E-state index is 12.5. The number of hydrogen-bond donors (Lipinski definition) is 0. The number of hydrogen-bond acceptors (Lipinski definition) is 5. The summed E-state index contributed by atoms with van der Waals surface area (Å²) in [5.74, 6) is 1.57. The zero-order chi connectivity index (χ0) is 26.2. The van der Waals surface area contributed by atoms with E-state index in [1.54, 1.807) is 48.5 Å². The molecule has 36 heavy (non-hydrogen) atoms. The Balaban J connectivity index is 1.72. The molecule has 0 N–H and O–H groups in total. The average molecular weight is 497 g/mol. The van der Waals surface area contributed by atoms with E-state index >= 15 is 0 Å². The lowest BCUT2D eigenvalue weighted by molar-refractivity contribution is 0.0483. The normalized spacial score (nSPS) is 11.8. The molecule has 0 fully saturated rings. The Morgan fingerprint density at radius 2 is 1.28 bits per heavy atom. The fourth-order valence-corrected chi connectivity index (χ4v) is 3.86. The quantitative estimate of drug-likeness (QED) is 0.125. The van der Waals surface area contributed by atoms with Gasteiger partial charge in [0.15, 0.2) is 0 Å². The van der Waals surface area contributed by atoms with Crippen molar-refractivity contribution in [3.05, 3.63) is 59.7 Å². The summed E-state index contributed by atoms with van der Waals surface area (Å²) in [6.07, 6.45) is 10.4. The third kappa shape index (κ3) is 11.7. The number of benzene rings is 2. The van der Waals surface area contributed by atoms with E-state index in [0.29, 0.717) is 36.0 Å². The molecule has 0 aliphatic carbocycles. The molecule has 1 atom stereocenters. The van der Waals surface area contributed by atoms with Gasteiger partial charge in [-0.2, -0.15) is 0 Å². The molecule has 198 valence electrons. The number of ether oxygens (including phenoxy) is 3. The Bertz CT molecular complexity index is 886. The van der Waals surface area contributed by atoms with E-state index in [1.165, 1.54) is 38.5 Å². The van der Waals surface area contributed by atoms with Crippen molar-refractivity contribution in [2.45, 2.75) is 85.5 Å². The van der Waals surface area contributed by atoms with Gasteiger partial charge in [-0.25, -0.2) is 9.59 Å². The van der Waals surface area contributed by atoms with Gasteiger partial charge in [-0.3, -0.25) is 0 Å². The number of rotatable bonds is 17. The average Bonchev–Trinajstić information content (AvgIpc) is 2.86. The second kappa shape index (κ2) is 16.8. The number of unbranched alkanes of at least 4 members (excludes halogenated alkanes) is 4. The molecule has 2 rings (SSSR count). The molecule has 0 aromatic heterocycles. The second-order valence-corrected chi connectivity index (χ2v) is 10.1. The van der Waals surface area contributed by atoms with Crippen LogP contribution in [-0.4, -0.2) is 25.2 Å². The molecule has 5 nitrogen and oxygen atoms in total. The Morgan fingerprint density at radius 3 is 1.92 bits per heavy atom. The van der Waals surface area contributed by atoms with Crippen LogP contribution in [0.25, 0.3) is 0 Å². The lowest BCUT2D eigenvalue weighted by Crippen LogP contribution is -2.10. The first kappa shape index (κ1) is 29.4. The summed E-state index contributed by atoms with van der Waals surface area (Å²) in [6, 6.07) is 13.4. The summed E-state index contributed by atoms with van der Waals surface area (Å²) in [6.45, 7) is 9.98. The first-order chi connectivity index (χ1) is 17.4. The molecule has 1 unspecified atom stereocenters. The molecule has 0 aliphatic rings. The summed E-state index contributed by atoms with van der Waals surface area (Å²) in [7, 11) is 0. The van der Waals surface area contributed by atoms with Crippen LogP contribution < -0.4 is 9.47 Å². The van der Waals surface area contributed by atoms with Crippen LogP contribution in [0.3, 0.4) is 0 Å². The highest BCUT2D eigenvalue weighted by Gasteiger charge is 2.12. The minimum absolute atomic E-state index is 0.358. The highest BCUT2D eigenvalue weighted by atomic mass is 16.5. The lowest BCUT2D eigenvalue weighted by Gasteiger charge is -2.12. The third-order valence-corrected chi connectivity index (χ3v) is 6.23. The molecule has 0 heterocycles. The fraction of sp³-hybridized carbons (Fsp3) is 0.548. The molecule has 2 aromatic carbocycles. The first-order valence-corrected chi connectivity index (χ1v) is 13.6. The van der Waals surface area contributed by atoms with Crippen molar-refractivity contribution in [2.24, 2.45) is 11.8 Å². The molecule has 0 aliphatic heterocycles. The number of esters is 2. The van der Waals surface area contributed by atoms with Gasteiger partial charge in [0, 0.05) is 0 Å². The lowest BCUT2D eigenvalue weighted by atomic mass is 9.98.